The fourth-order valence-electron chi connectivity index (χ4n) is 3.60. The molecule has 0 saturated carbocycles. The summed E-state index contributed by atoms with van der Waals surface area (Å²) in [5.41, 5.74) is 1.27. The van der Waals surface area contributed by atoms with Crippen molar-refractivity contribution in [2.24, 2.45) is 5.92 Å². The van der Waals surface area contributed by atoms with Crippen LogP contribution < -0.4 is 20.2 Å². The van der Waals surface area contributed by atoms with Gasteiger partial charge in [0.1, 0.15) is 5.58 Å². The number of carbonyl (C=O) groups excluding carboxylic acids is 1. The van der Waals surface area contributed by atoms with Crippen LogP contribution in [0.25, 0.3) is 11.0 Å². The number of amides is 1. The highest BCUT2D eigenvalue weighted by Gasteiger charge is 2.36. The Bertz CT molecular complexity index is 1150. The maximum absolute atomic E-state index is 13.1. The van der Waals surface area contributed by atoms with Gasteiger partial charge in [-0.05, 0) is 49.1 Å². The summed E-state index contributed by atoms with van der Waals surface area (Å²) >= 11 is 0. The van der Waals surface area contributed by atoms with Crippen molar-refractivity contribution in [1.82, 2.24) is 5.32 Å². The molecule has 0 aliphatic carbocycles. The van der Waals surface area contributed by atoms with Crippen molar-refractivity contribution < 1.29 is 18.7 Å². The number of fused-ring (bicyclic) bond motifs is 2. The number of para-hydroxylation sites is 1. The van der Waals surface area contributed by atoms with Gasteiger partial charge in [-0.2, -0.15) is 0 Å². The maximum Gasteiger partial charge on any atom is 0.288 e. The van der Waals surface area contributed by atoms with Gasteiger partial charge in [0.2, 0.25) is 5.76 Å². The zero-order valence-corrected chi connectivity index (χ0v) is 17.4. The van der Waals surface area contributed by atoms with Gasteiger partial charge in [-0.1, -0.05) is 32.0 Å². The zero-order chi connectivity index (χ0) is 21.3. The van der Waals surface area contributed by atoms with Crippen molar-refractivity contribution in [1.29, 1.82) is 0 Å². The molecule has 2 heterocycles. The molecule has 2 aromatic carbocycles. The van der Waals surface area contributed by atoms with Gasteiger partial charge in [-0.3, -0.25) is 9.59 Å². The molecule has 1 aromatic heterocycles. The average molecular weight is 407 g/mol. The summed E-state index contributed by atoms with van der Waals surface area (Å²) in [5.74, 6) is 1.45. The minimum Gasteiger partial charge on any atom is -0.490 e. The lowest BCUT2D eigenvalue weighted by Crippen LogP contribution is -2.22. The van der Waals surface area contributed by atoms with Crippen LogP contribution in [0.5, 0.6) is 11.5 Å². The highest BCUT2D eigenvalue weighted by Crippen LogP contribution is 2.36. The number of carbonyl (C=O) groups is 1. The largest absolute Gasteiger partial charge is 0.490 e. The smallest absolute Gasteiger partial charge is 0.288 e. The quantitative estimate of drug-likeness (QED) is 0.626. The average Bonchev–Trinajstić information content (AvgIpc) is 3.06. The third-order valence-corrected chi connectivity index (χ3v) is 5.16. The van der Waals surface area contributed by atoms with Gasteiger partial charge < -0.3 is 19.2 Å². The number of hydrogen-bond donors (Lipinski definition) is 1. The van der Waals surface area contributed by atoms with Gasteiger partial charge in [0.15, 0.2) is 16.9 Å². The van der Waals surface area contributed by atoms with Crippen molar-refractivity contribution >= 4 is 16.9 Å². The maximum atomic E-state index is 13.1. The van der Waals surface area contributed by atoms with Gasteiger partial charge in [0, 0.05) is 0 Å². The third kappa shape index (κ3) is 3.65. The van der Waals surface area contributed by atoms with Crippen LogP contribution in [0.3, 0.4) is 0 Å². The molecule has 0 radical (unpaired) electrons. The summed E-state index contributed by atoms with van der Waals surface area (Å²) in [7, 11) is 0. The molecule has 1 amide bonds. The molecule has 0 fully saturated rings. The molecule has 6 heteroatoms. The Morgan fingerprint density at radius 2 is 1.87 bits per heavy atom. The van der Waals surface area contributed by atoms with Crippen molar-refractivity contribution in [3.05, 3.63) is 69.6 Å². The highest BCUT2D eigenvalue weighted by atomic mass is 16.5. The molecule has 0 bridgehead atoms. The zero-order valence-electron chi connectivity index (χ0n) is 17.4. The molecule has 1 N–H and O–H groups in total. The summed E-state index contributed by atoms with van der Waals surface area (Å²) in [6, 6.07) is 11.8. The molecule has 0 saturated heterocycles. The van der Waals surface area contributed by atoms with Crippen LogP contribution in [-0.2, 0) is 0 Å². The Balaban J connectivity index is 1.73. The second kappa shape index (κ2) is 8.22. The first-order chi connectivity index (χ1) is 14.5. The lowest BCUT2D eigenvalue weighted by Gasteiger charge is -2.17. The molecule has 156 valence electrons. The fourth-order valence-corrected chi connectivity index (χ4v) is 3.60. The number of rotatable bonds is 7. The van der Waals surface area contributed by atoms with Gasteiger partial charge >= 0.3 is 0 Å². The normalized spacial score (nSPS) is 15.3. The standard InChI is InChI=1S/C24H25NO5/c1-4-28-19-13-15(9-10-18(19)29-12-11-14(2)3)21-20-22(26)16-7-5-6-8-17(16)30-23(20)24(27)25-21/h5-10,13-14,21H,4,11-12H2,1-3H3,(H,25,27). The monoisotopic (exact) mass is 407 g/mol. The first-order valence-corrected chi connectivity index (χ1v) is 10.3. The summed E-state index contributed by atoms with van der Waals surface area (Å²) < 4.78 is 17.4. The molecular formula is C24H25NO5. The molecular weight excluding hydrogens is 382 g/mol. The van der Waals surface area contributed by atoms with E-state index in [4.69, 9.17) is 13.9 Å². The van der Waals surface area contributed by atoms with Crippen LogP contribution in [0, 0.1) is 5.92 Å². The molecule has 3 aromatic rings. The summed E-state index contributed by atoms with van der Waals surface area (Å²) in [6.07, 6.45) is 0.938. The molecule has 1 atom stereocenters. The Hall–Kier alpha value is -3.28. The predicted octanol–water partition coefficient (Wildman–Crippen LogP) is 4.45. The van der Waals surface area contributed by atoms with Crippen molar-refractivity contribution in [2.45, 2.75) is 33.2 Å². The van der Waals surface area contributed by atoms with Crippen LogP contribution >= 0.6 is 0 Å². The number of benzene rings is 2. The Kier molecular flexibility index (Phi) is 5.48. The van der Waals surface area contributed by atoms with Gasteiger partial charge in [0.25, 0.3) is 5.91 Å². The van der Waals surface area contributed by atoms with E-state index in [1.807, 2.05) is 25.1 Å². The molecule has 0 spiro atoms. The van der Waals surface area contributed by atoms with Crippen LogP contribution in [0.2, 0.25) is 0 Å². The predicted molar refractivity (Wildman–Crippen MR) is 114 cm³/mol. The summed E-state index contributed by atoms with van der Waals surface area (Å²) in [4.78, 5) is 25.7. The Labute approximate surface area is 174 Å². The first kappa shape index (κ1) is 20.0. The fraction of sp³-hybridized carbons (Fsp3) is 0.333. The van der Waals surface area contributed by atoms with E-state index in [0.717, 1.165) is 12.0 Å². The second-order valence-corrected chi connectivity index (χ2v) is 7.75. The van der Waals surface area contributed by atoms with Crippen molar-refractivity contribution in [3.63, 3.8) is 0 Å². The molecule has 6 nitrogen and oxygen atoms in total. The molecule has 1 aliphatic rings. The van der Waals surface area contributed by atoms with E-state index >= 15 is 0 Å². The van der Waals surface area contributed by atoms with Gasteiger partial charge in [0.05, 0.1) is 30.2 Å². The van der Waals surface area contributed by atoms with Gasteiger partial charge in [-0.25, -0.2) is 0 Å². The molecule has 1 unspecified atom stereocenters. The Morgan fingerprint density at radius 3 is 2.63 bits per heavy atom. The number of ether oxygens (including phenoxy) is 2. The highest BCUT2D eigenvalue weighted by molar-refractivity contribution is 5.98. The number of nitrogens with one attached hydrogen (secondary N) is 1. The van der Waals surface area contributed by atoms with Gasteiger partial charge in [-0.15, -0.1) is 0 Å². The lowest BCUT2D eigenvalue weighted by molar-refractivity contribution is 0.0938. The minimum absolute atomic E-state index is 0.0684. The van der Waals surface area contributed by atoms with E-state index in [2.05, 4.69) is 19.2 Å². The third-order valence-electron chi connectivity index (χ3n) is 5.16. The first-order valence-electron chi connectivity index (χ1n) is 10.3. The van der Waals surface area contributed by atoms with E-state index in [1.54, 1.807) is 24.3 Å². The lowest BCUT2D eigenvalue weighted by atomic mass is 9.99. The van der Waals surface area contributed by atoms with Crippen molar-refractivity contribution in [3.8, 4) is 11.5 Å². The Morgan fingerprint density at radius 1 is 1.07 bits per heavy atom. The molecule has 1 aliphatic heterocycles. The van der Waals surface area contributed by atoms with Crippen LogP contribution in [0.15, 0.2) is 51.7 Å². The van der Waals surface area contributed by atoms with E-state index in [0.29, 0.717) is 47.2 Å². The topological polar surface area (TPSA) is 77.8 Å². The van der Waals surface area contributed by atoms with E-state index in [1.165, 1.54) is 0 Å². The SMILES string of the molecule is CCOc1cc(C2NC(=O)c3oc4ccccc4c(=O)c32)ccc1OCCC(C)C. The van der Waals surface area contributed by atoms with E-state index in [-0.39, 0.29) is 11.2 Å². The van der Waals surface area contributed by atoms with Crippen molar-refractivity contribution in [2.75, 3.05) is 13.2 Å². The minimum atomic E-state index is -0.600. The second-order valence-electron chi connectivity index (χ2n) is 7.75. The molecule has 4 rings (SSSR count). The van der Waals surface area contributed by atoms with Crippen LogP contribution in [-0.4, -0.2) is 19.1 Å². The molecule has 30 heavy (non-hydrogen) atoms. The summed E-state index contributed by atoms with van der Waals surface area (Å²) in [5, 5.41) is 3.32. The van der Waals surface area contributed by atoms with Crippen LogP contribution in [0.4, 0.5) is 0 Å². The van der Waals surface area contributed by atoms with E-state index < -0.39 is 11.9 Å². The van der Waals surface area contributed by atoms with Crippen LogP contribution in [0.1, 0.15) is 54.9 Å². The summed E-state index contributed by atoms with van der Waals surface area (Å²) in [6.45, 7) is 7.26. The van der Waals surface area contributed by atoms with E-state index in [9.17, 15) is 9.59 Å². The number of hydrogen-bond acceptors (Lipinski definition) is 5.